The highest BCUT2D eigenvalue weighted by atomic mass is 32.2. The largest absolute Gasteiger partial charge is 0.269 e. The normalized spacial score (nSPS) is 12.3. The Kier molecular flexibility index (Phi) is 3.70. The molecule has 0 spiro atoms. The van der Waals surface area contributed by atoms with E-state index >= 15 is 0 Å². The monoisotopic (exact) mass is 267 g/mol. The van der Waals surface area contributed by atoms with E-state index in [1.54, 1.807) is 29.4 Å². The summed E-state index contributed by atoms with van der Waals surface area (Å²) in [5.74, 6) is 0. The van der Waals surface area contributed by atoms with Crippen LogP contribution in [0.5, 0.6) is 0 Å². The number of rotatable bonds is 4. The van der Waals surface area contributed by atoms with Gasteiger partial charge < -0.3 is 0 Å². The minimum Gasteiger partial charge on any atom is -0.258 e. The maximum absolute atomic E-state index is 10.7. The molecule has 17 heavy (non-hydrogen) atoms. The van der Waals surface area contributed by atoms with Crippen LogP contribution in [0, 0.1) is 10.1 Å². The van der Waals surface area contributed by atoms with E-state index < -0.39 is 0 Å². The summed E-state index contributed by atoms with van der Waals surface area (Å²) < 4.78 is 0.865. The summed E-state index contributed by atoms with van der Waals surface area (Å²) >= 11 is 3.01. The van der Waals surface area contributed by atoms with Crippen LogP contribution in [0.15, 0.2) is 34.1 Å². The quantitative estimate of drug-likeness (QED) is 0.483. The molecular weight excluding hydrogens is 258 g/mol. The van der Waals surface area contributed by atoms with Crippen LogP contribution >= 0.6 is 23.1 Å². The van der Waals surface area contributed by atoms with E-state index in [1.165, 1.54) is 17.4 Å². The van der Waals surface area contributed by atoms with E-state index in [2.05, 4.69) is 10.2 Å². The second-order valence-electron chi connectivity index (χ2n) is 3.32. The molecule has 0 radical (unpaired) electrons. The van der Waals surface area contributed by atoms with Crippen molar-refractivity contribution in [2.45, 2.75) is 16.5 Å². The van der Waals surface area contributed by atoms with Crippen LogP contribution in [0.3, 0.4) is 0 Å². The highest BCUT2D eigenvalue weighted by molar-refractivity contribution is 8.01. The molecule has 1 aromatic heterocycles. The number of nitro benzene ring substituents is 1. The minimum atomic E-state index is -0.383. The lowest BCUT2D eigenvalue weighted by Crippen LogP contribution is -1.92. The Labute approximate surface area is 106 Å². The van der Waals surface area contributed by atoms with Gasteiger partial charge in [0.1, 0.15) is 5.51 Å². The van der Waals surface area contributed by atoms with Crippen LogP contribution in [0.1, 0.15) is 17.7 Å². The van der Waals surface area contributed by atoms with Crippen molar-refractivity contribution in [3.63, 3.8) is 0 Å². The predicted octanol–water partition coefficient (Wildman–Crippen LogP) is 3.30. The molecule has 0 aliphatic rings. The van der Waals surface area contributed by atoms with Crippen LogP contribution in [0.2, 0.25) is 0 Å². The van der Waals surface area contributed by atoms with Crippen molar-refractivity contribution in [3.05, 3.63) is 45.5 Å². The lowest BCUT2D eigenvalue weighted by molar-refractivity contribution is -0.384. The molecule has 0 fully saturated rings. The Balaban J connectivity index is 2.16. The Bertz CT molecular complexity index is 516. The first-order valence-electron chi connectivity index (χ1n) is 4.84. The Morgan fingerprint density at radius 1 is 1.53 bits per heavy atom. The van der Waals surface area contributed by atoms with E-state index in [4.69, 9.17) is 0 Å². The number of thioether (sulfide) groups is 1. The predicted molar refractivity (Wildman–Crippen MR) is 67.3 cm³/mol. The fraction of sp³-hybridized carbons (Fsp3) is 0.200. The van der Waals surface area contributed by atoms with Crippen molar-refractivity contribution in [1.29, 1.82) is 0 Å². The van der Waals surface area contributed by atoms with Crippen molar-refractivity contribution in [1.82, 2.24) is 10.2 Å². The zero-order valence-electron chi connectivity index (χ0n) is 8.94. The topological polar surface area (TPSA) is 68.9 Å². The van der Waals surface area contributed by atoms with E-state index in [9.17, 15) is 10.1 Å². The van der Waals surface area contributed by atoms with Crippen LogP contribution in [0.4, 0.5) is 5.69 Å². The number of hydrogen-bond acceptors (Lipinski definition) is 6. The van der Waals surface area contributed by atoms with Gasteiger partial charge in [-0.2, -0.15) is 0 Å². The standard InChI is InChI=1S/C10H9N3O2S2/c1-7(17-10-12-11-6-16-10)8-3-2-4-9(5-8)13(14)15/h2-7H,1H3/t7-/m1/s1. The van der Waals surface area contributed by atoms with Crippen LogP contribution in [-0.2, 0) is 0 Å². The summed E-state index contributed by atoms with van der Waals surface area (Å²) in [6, 6.07) is 6.67. The third-order valence-corrected chi connectivity index (χ3v) is 4.14. The van der Waals surface area contributed by atoms with Gasteiger partial charge >= 0.3 is 0 Å². The van der Waals surface area contributed by atoms with Crippen molar-refractivity contribution in [3.8, 4) is 0 Å². The highest BCUT2D eigenvalue weighted by Gasteiger charge is 2.13. The maximum atomic E-state index is 10.7. The SMILES string of the molecule is C[C@@H](Sc1nncs1)c1cccc([N+](=O)[O-])c1. The van der Waals surface area contributed by atoms with Crippen molar-refractivity contribution in [2.75, 3.05) is 0 Å². The lowest BCUT2D eigenvalue weighted by Gasteiger charge is -2.08. The summed E-state index contributed by atoms with van der Waals surface area (Å²) in [5, 5.41) is 18.5. The number of non-ortho nitro benzene ring substituents is 1. The average molecular weight is 267 g/mol. The molecule has 2 aromatic rings. The molecule has 1 atom stereocenters. The Morgan fingerprint density at radius 2 is 2.35 bits per heavy atom. The molecule has 0 N–H and O–H groups in total. The molecule has 0 aliphatic carbocycles. The Hall–Kier alpha value is -1.47. The highest BCUT2D eigenvalue weighted by Crippen LogP contribution is 2.36. The van der Waals surface area contributed by atoms with Crippen molar-refractivity contribution >= 4 is 28.8 Å². The maximum Gasteiger partial charge on any atom is 0.269 e. The molecule has 5 nitrogen and oxygen atoms in total. The number of aromatic nitrogens is 2. The van der Waals surface area contributed by atoms with Crippen LogP contribution in [0.25, 0.3) is 0 Å². The second-order valence-corrected chi connectivity index (χ2v) is 5.74. The molecule has 0 unspecified atom stereocenters. The fourth-order valence-electron chi connectivity index (χ4n) is 1.32. The molecule has 88 valence electrons. The average Bonchev–Trinajstić information content (AvgIpc) is 2.82. The summed E-state index contributed by atoms with van der Waals surface area (Å²) in [7, 11) is 0. The molecule has 7 heteroatoms. The molecule has 0 bridgehead atoms. The minimum absolute atomic E-state index is 0.114. The first kappa shape index (κ1) is 12.0. The number of nitro groups is 1. The summed E-state index contributed by atoms with van der Waals surface area (Å²) in [4.78, 5) is 10.3. The second kappa shape index (κ2) is 5.24. The van der Waals surface area contributed by atoms with Gasteiger partial charge in [0.05, 0.1) is 4.92 Å². The fourth-order valence-corrected chi connectivity index (χ4v) is 3.07. The summed E-state index contributed by atoms with van der Waals surface area (Å²) in [6.45, 7) is 1.99. The molecule has 0 saturated carbocycles. The van der Waals surface area contributed by atoms with E-state index in [1.807, 2.05) is 13.0 Å². The first-order chi connectivity index (χ1) is 8.16. The van der Waals surface area contributed by atoms with E-state index in [0.29, 0.717) is 0 Å². The van der Waals surface area contributed by atoms with Crippen molar-refractivity contribution in [2.24, 2.45) is 0 Å². The number of hydrogen-bond donors (Lipinski definition) is 0. The van der Waals surface area contributed by atoms with E-state index in [0.717, 1.165) is 9.90 Å². The molecule has 0 saturated heterocycles. The Morgan fingerprint density at radius 3 is 3.00 bits per heavy atom. The third kappa shape index (κ3) is 3.01. The third-order valence-electron chi connectivity index (χ3n) is 2.17. The zero-order chi connectivity index (χ0) is 12.3. The summed E-state index contributed by atoms with van der Waals surface area (Å²) in [6.07, 6.45) is 0. The smallest absolute Gasteiger partial charge is 0.258 e. The van der Waals surface area contributed by atoms with Gasteiger partial charge in [-0.1, -0.05) is 35.2 Å². The van der Waals surface area contributed by atoms with Gasteiger partial charge in [0.25, 0.3) is 5.69 Å². The van der Waals surface area contributed by atoms with Crippen LogP contribution in [-0.4, -0.2) is 15.1 Å². The van der Waals surface area contributed by atoms with Gasteiger partial charge in [-0.3, -0.25) is 10.1 Å². The zero-order valence-corrected chi connectivity index (χ0v) is 10.6. The first-order valence-corrected chi connectivity index (χ1v) is 6.60. The molecule has 0 amide bonds. The molecule has 0 aliphatic heterocycles. The summed E-state index contributed by atoms with van der Waals surface area (Å²) in [5.41, 5.74) is 2.70. The lowest BCUT2D eigenvalue weighted by atomic mass is 10.1. The van der Waals surface area contributed by atoms with Gasteiger partial charge in [0.15, 0.2) is 4.34 Å². The van der Waals surface area contributed by atoms with Gasteiger partial charge in [-0.15, -0.1) is 10.2 Å². The molecule has 1 aromatic carbocycles. The molecule has 1 heterocycles. The molecule has 2 rings (SSSR count). The number of nitrogens with zero attached hydrogens (tertiary/aromatic N) is 3. The van der Waals surface area contributed by atoms with Gasteiger partial charge in [-0.25, -0.2) is 0 Å². The van der Waals surface area contributed by atoms with Crippen molar-refractivity contribution < 1.29 is 4.92 Å². The van der Waals surface area contributed by atoms with Crippen LogP contribution < -0.4 is 0 Å². The van der Waals surface area contributed by atoms with Gasteiger partial charge in [0, 0.05) is 17.4 Å². The molecular formula is C10H9N3O2S2. The number of benzene rings is 1. The van der Waals surface area contributed by atoms with E-state index in [-0.39, 0.29) is 15.9 Å². The van der Waals surface area contributed by atoms with Gasteiger partial charge in [-0.05, 0) is 12.5 Å². The van der Waals surface area contributed by atoms with Gasteiger partial charge in [0.2, 0.25) is 0 Å².